The lowest BCUT2D eigenvalue weighted by Gasteiger charge is -2.49. The van der Waals surface area contributed by atoms with Crippen molar-refractivity contribution in [3.8, 4) is 11.5 Å². The van der Waals surface area contributed by atoms with Crippen LogP contribution in [0.4, 0.5) is 4.79 Å². The standard InChI is InChI=1S/C22H26N2O3/c1-13-5-7-15(8-6-13)17-11-22(12-21(3,4)23-20(26)24-22)27-19-14(2)18(25)10-9-16(17)19/h5-10,17,25H,11-12H2,1-4H3,(H2,23,24,26)/t17-,22+/m1/s1. The summed E-state index contributed by atoms with van der Waals surface area (Å²) in [4.78, 5) is 12.4. The Morgan fingerprint density at radius 1 is 1.07 bits per heavy atom. The van der Waals surface area contributed by atoms with Gasteiger partial charge in [0.15, 0.2) is 5.72 Å². The van der Waals surface area contributed by atoms with E-state index in [2.05, 4.69) is 41.8 Å². The molecule has 1 fully saturated rings. The number of carbonyl (C=O) groups excluding carboxylic acids is 1. The maximum absolute atomic E-state index is 12.4. The van der Waals surface area contributed by atoms with Crippen molar-refractivity contribution in [1.29, 1.82) is 0 Å². The topological polar surface area (TPSA) is 70.6 Å². The molecule has 0 radical (unpaired) electrons. The molecule has 27 heavy (non-hydrogen) atoms. The Bertz CT molecular complexity index is 905. The van der Waals surface area contributed by atoms with E-state index in [4.69, 9.17) is 4.74 Å². The van der Waals surface area contributed by atoms with Gasteiger partial charge in [-0.1, -0.05) is 35.9 Å². The van der Waals surface area contributed by atoms with Crippen LogP contribution in [0.1, 0.15) is 54.9 Å². The normalized spacial score (nSPS) is 25.9. The van der Waals surface area contributed by atoms with Crippen molar-refractivity contribution in [2.75, 3.05) is 0 Å². The van der Waals surface area contributed by atoms with Gasteiger partial charge in [0.25, 0.3) is 0 Å². The predicted molar refractivity (Wildman–Crippen MR) is 104 cm³/mol. The van der Waals surface area contributed by atoms with Gasteiger partial charge in [0.05, 0.1) is 0 Å². The van der Waals surface area contributed by atoms with Crippen LogP contribution in [0.15, 0.2) is 36.4 Å². The van der Waals surface area contributed by atoms with Crippen molar-refractivity contribution in [2.45, 2.75) is 57.7 Å². The number of hydrogen-bond donors (Lipinski definition) is 3. The molecule has 2 heterocycles. The lowest BCUT2D eigenvalue weighted by Crippen LogP contribution is -2.69. The molecule has 0 saturated carbocycles. The van der Waals surface area contributed by atoms with Crippen LogP contribution < -0.4 is 15.4 Å². The molecule has 4 rings (SSSR count). The van der Waals surface area contributed by atoms with Crippen LogP contribution in [0.5, 0.6) is 11.5 Å². The van der Waals surface area contributed by atoms with Gasteiger partial charge in [0.1, 0.15) is 11.5 Å². The number of aromatic hydroxyl groups is 1. The molecule has 3 N–H and O–H groups in total. The summed E-state index contributed by atoms with van der Waals surface area (Å²) in [6.45, 7) is 7.93. The van der Waals surface area contributed by atoms with Gasteiger partial charge in [-0.3, -0.25) is 0 Å². The second kappa shape index (κ2) is 5.91. The van der Waals surface area contributed by atoms with Gasteiger partial charge in [-0.2, -0.15) is 0 Å². The second-order valence-electron chi connectivity index (χ2n) is 8.53. The Balaban J connectivity index is 1.86. The Kier molecular flexibility index (Phi) is 3.88. The molecule has 2 amide bonds. The van der Waals surface area contributed by atoms with Gasteiger partial charge < -0.3 is 20.5 Å². The smallest absolute Gasteiger partial charge is 0.318 e. The molecule has 0 aliphatic carbocycles. The summed E-state index contributed by atoms with van der Waals surface area (Å²) in [6, 6.07) is 11.9. The lowest BCUT2D eigenvalue weighted by molar-refractivity contribution is -0.0241. The monoisotopic (exact) mass is 366 g/mol. The highest BCUT2D eigenvalue weighted by Gasteiger charge is 2.50. The number of aryl methyl sites for hydroxylation is 1. The van der Waals surface area contributed by atoms with E-state index in [1.165, 1.54) is 11.1 Å². The summed E-state index contributed by atoms with van der Waals surface area (Å²) in [5.74, 6) is 0.945. The summed E-state index contributed by atoms with van der Waals surface area (Å²) in [7, 11) is 0. The van der Waals surface area contributed by atoms with Gasteiger partial charge in [-0.05, 0) is 39.3 Å². The summed E-state index contributed by atoms with van der Waals surface area (Å²) < 4.78 is 6.42. The van der Waals surface area contributed by atoms with Crippen molar-refractivity contribution in [2.24, 2.45) is 0 Å². The van der Waals surface area contributed by atoms with Gasteiger partial charge in [-0.15, -0.1) is 0 Å². The molecule has 5 heteroatoms. The third kappa shape index (κ3) is 3.11. The van der Waals surface area contributed by atoms with Crippen molar-refractivity contribution < 1.29 is 14.6 Å². The number of phenolic OH excluding ortho intramolecular Hbond substituents is 1. The fourth-order valence-electron chi connectivity index (χ4n) is 4.42. The Labute approximate surface area is 159 Å². The number of amides is 2. The molecule has 0 bridgehead atoms. The predicted octanol–water partition coefficient (Wildman–Crippen LogP) is 4.10. The minimum atomic E-state index is -0.813. The average Bonchev–Trinajstić information content (AvgIpc) is 2.57. The number of urea groups is 1. The first-order valence-electron chi connectivity index (χ1n) is 9.36. The van der Waals surface area contributed by atoms with Crippen molar-refractivity contribution in [3.05, 3.63) is 58.7 Å². The highest BCUT2D eigenvalue weighted by atomic mass is 16.5. The molecular formula is C22H26N2O3. The van der Waals surface area contributed by atoms with Gasteiger partial charge in [-0.25, -0.2) is 4.79 Å². The summed E-state index contributed by atoms with van der Waals surface area (Å²) in [6.07, 6.45) is 1.27. The van der Waals surface area contributed by atoms with Crippen molar-refractivity contribution in [3.63, 3.8) is 0 Å². The molecule has 2 aromatic carbocycles. The van der Waals surface area contributed by atoms with E-state index in [0.29, 0.717) is 24.2 Å². The minimum Gasteiger partial charge on any atom is -0.508 e. The highest BCUT2D eigenvalue weighted by molar-refractivity contribution is 5.77. The van der Waals surface area contributed by atoms with E-state index >= 15 is 0 Å². The zero-order chi connectivity index (χ0) is 19.4. The molecule has 2 aliphatic rings. The van der Waals surface area contributed by atoms with Crippen molar-refractivity contribution in [1.82, 2.24) is 10.6 Å². The fourth-order valence-corrected chi connectivity index (χ4v) is 4.42. The third-order valence-corrected chi connectivity index (χ3v) is 5.61. The molecule has 2 aliphatic heterocycles. The number of benzene rings is 2. The summed E-state index contributed by atoms with van der Waals surface area (Å²) >= 11 is 0. The van der Waals surface area contributed by atoms with E-state index < -0.39 is 5.72 Å². The molecule has 0 unspecified atom stereocenters. The quantitative estimate of drug-likeness (QED) is 0.711. The minimum absolute atomic E-state index is 0.0721. The number of phenols is 1. The molecule has 2 aromatic rings. The zero-order valence-corrected chi connectivity index (χ0v) is 16.2. The SMILES string of the molecule is Cc1ccc([C@H]2C[C@@]3(CC(C)(C)NC(=O)N3)Oc3c2ccc(O)c3C)cc1. The van der Waals surface area contributed by atoms with Crippen LogP contribution in [-0.4, -0.2) is 22.4 Å². The fraction of sp³-hybridized carbons (Fsp3) is 0.409. The number of nitrogens with one attached hydrogen (secondary N) is 2. The van der Waals surface area contributed by atoms with Gasteiger partial charge in [0.2, 0.25) is 0 Å². The first-order valence-corrected chi connectivity index (χ1v) is 9.36. The van der Waals surface area contributed by atoms with Gasteiger partial charge >= 0.3 is 6.03 Å². The second-order valence-corrected chi connectivity index (χ2v) is 8.53. The molecule has 5 nitrogen and oxygen atoms in total. The molecule has 1 saturated heterocycles. The van der Waals surface area contributed by atoms with E-state index in [1.54, 1.807) is 6.07 Å². The number of hydrogen-bond acceptors (Lipinski definition) is 3. The van der Waals surface area contributed by atoms with E-state index in [0.717, 1.165) is 5.56 Å². The first kappa shape index (κ1) is 17.7. The van der Waals surface area contributed by atoms with Crippen LogP contribution in [0, 0.1) is 13.8 Å². The largest absolute Gasteiger partial charge is 0.508 e. The first-order chi connectivity index (χ1) is 12.7. The highest BCUT2D eigenvalue weighted by Crippen LogP contribution is 2.49. The van der Waals surface area contributed by atoms with Gasteiger partial charge in [0, 0.05) is 35.4 Å². The van der Waals surface area contributed by atoms with E-state index in [9.17, 15) is 9.90 Å². The third-order valence-electron chi connectivity index (χ3n) is 5.61. The van der Waals surface area contributed by atoms with Crippen LogP contribution in [0.25, 0.3) is 0 Å². The maximum atomic E-state index is 12.4. The van der Waals surface area contributed by atoms with Crippen LogP contribution >= 0.6 is 0 Å². The lowest BCUT2D eigenvalue weighted by atomic mass is 9.76. The van der Waals surface area contributed by atoms with Crippen LogP contribution in [0.3, 0.4) is 0 Å². The maximum Gasteiger partial charge on any atom is 0.318 e. The summed E-state index contributed by atoms with van der Waals surface area (Å²) in [5.41, 5.74) is 2.94. The number of carbonyl (C=O) groups is 1. The Morgan fingerprint density at radius 3 is 2.44 bits per heavy atom. The van der Waals surface area contributed by atoms with Crippen LogP contribution in [0.2, 0.25) is 0 Å². The molecule has 142 valence electrons. The number of fused-ring (bicyclic) bond motifs is 1. The zero-order valence-electron chi connectivity index (χ0n) is 16.2. The molecular weight excluding hydrogens is 340 g/mol. The average molecular weight is 366 g/mol. The van der Waals surface area contributed by atoms with E-state index in [-0.39, 0.29) is 23.2 Å². The number of rotatable bonds is 1. The van der Waals surface area contributed by atoms with Crippen LogP contribution in [-0.2, 0) is 0 Å². The molecule has 1 spiro atoms. The number of ether oxygens (including phenoxy) is 1. The summed E-state index contributed by atoms with van der Waals surface area (Å²) in [5, 5.41) is 16.2. The van der Waals surface area contributed by atoms with Crippen molar-refractivity contribution >= 4 is 6.03 Å². The Morgan fingerprint density at radius 2 is 1.78 bits per heavy atom. The van der Waals surface area contributed by atoms with E-state index in [1.807, 2.05) is 26.8 Å². The Hall–Kier alpha value is -2.69. The molecule has 0 aromatic heterocycles. The molecule has 2 atom stereocenters.